The van der Waals surface area contributed by atoms with Gasteiger partial charge in [0.15, 0.2) is 0 Å². The van der Waals surface area contributed by atoms with Crippen LogP contribution in [0.5, 0.6) is 0 Å². The van der Waals surface area contributed by atoms with Gasteiger partial charge in [0.2, 0.25) is 11.8 Å². The molecule has 0 heterocycles. The smallest absolute Gasteiger partial charge is 0.242 e. The summed E-state index contributed by atoms with van der Waals surface area (Å²) in [6.07, 6.45) is 0.785. The summed E-state index contributed by atoms with van der Waals surface area (Å²) in [7, 11) is 0. The van der Waals surface area contributed by atoms with E-state index in [0.717, 1.165) is 11.1 Å². The fourth-order valence-electron chi connectivity index (χ4n) is 2.93. The number of amides is 2. The molecule has 29 heavy (non-hydrogen) atoms. The molecule has 0 aromatic heterocycles. The lowest BCUT2D eigenvalue weighted by atomic mass is 10.1. The van der Waals surface area contributed by atoms with E-state index in [4.69, 9.17) is 23.2 Å². The number of nitrogens with one attached hydrogen (secondary N) is 1. The first-order valence-corrected chi connectivity index (χ1v) is 10.4. The minimum atomic E-state index is -0.608. The summed E-state index contributed by atoms with van der Waals surface area (Å²) in [6.45, 7) is 7.84. The molecule has 0 aliphatic rings. The zero-order valence-corrected chi connectivity index (χ0v) is 18.8. The zero-order valence-electron chi connectivity index (χ0n) is 17.3. The van der Waals surface area contributed by atoms with Crippen LogP contribution in [-0.4, -0.2) is 28.3 Å². The molecular weight excluding hydrogens is 407 g/mol. The summed E-state index contributed by atoms with van der Waals surface area (Å²) in [5.41, 5.74) is 1.45. The van der Waals surface area contributed by atoms with E-state index in [2.05, 4.69) is 5.32 Å². The Balaban J connectivity index is 2.18. The van der Waals surface area contributed by atoms with Gasteiger partial charge in [-0.1, -0.05) is 53.5 Å². The molecule has 0 saturated heterocycles. The molecule has 0 spiro atoms. The molecule has 156 valence electrons. The van der Waals surface area contributed by atoms with Gasteiger partial charge < -0.3 is 10.2 Å². The molecule has 0 aliphatic carbocycles. The van der Waals surface area contributed by atoms with Crippen LogP contribution < -0.4 is 5.32 Å². The monoisotopic (exact) mass is 434 g/mol. The first-order valence-electron chi connectivity index (χ1n) is 9.66. The van der Waals surface area contributed by atoms with Crippen molar-refractivity contribution in [3.63, 3.8) is 0 Å². The summed E-state index contributed by atoms with van der Waals surface area (Å²) in [6, 6.07) is 14.2. The fourth-order valence-corrected chi connectivity index (χ4v) is 3.29. The van der Waals surface area contributed by atoms with Crippen molar-refractivity contribution in [1.29, 1.82) is 0 Å². The van der Waals surface area contributed by atoms with Crippen LogP contribution in [0.1, 0.15) is 45.2 Å². The number of nitrogens with zero attached hydrogens (tertiary/aromatic N) is 1. The van der Waals surface area contributed by atoms with Gasteiger partial charge in [0.25, 0.3) is 0 Å². The molecule has 6 heteroatoms. The highest BCUT2D eigenvalue weighted by atomic mass is 35.5. The van der Waals surface area contributed by atoms with Gasteiger partial charge in [-0.25, -0.2) is 0 Å². The molecule has 2 aromatic rings. The first kappa shape index (κ1) is 23.2. The average Bonchev–Trinajstić information content (AvgIpc) is 2.64. The van der Waals surface area contributed by atoms with E-state index in [1.165, 1.54) is 0 Å². The highest BCUT2D eigenvalue weighted by Gasteiger charge is 2.28. The van der Waals surface area contributed by atoms with Gasteiger partial charge in [-0.05, 0) is 63.4 Å². The van der Waals surface area contributed by atoms with Gasteiger partial charge >= 0.3 is 0 Å². The highest BCUT2D eigenvalue weighted by molar-refractivity contribution is 6.31. The maximum atomic E-state index is 13.1. The average molecular weight is 435 g/mol. The summed E-state index contributed by atoms with van der Waals surface area (Å²) in [5, 5.41) is 4.23. The van der Waals surface area contributed by atoms with E-state index < -0.39 is 6.04 Å². The van der Waals surface area contributed by atoms with Gasteiger partial charge in [0.05, 0.1) is 0 Å². The van der Waals surface area contributed by atoms with Crippen molar-refractivity contribution < 1.29 is 9.59 Å². The van der Waals surface area contributed by atoms with Gasteiger partial charge in [-0.2, -0.15) is 0 Å². The second-order valence-electron chi connectivity index (χ2n) is 8.15. The van der Waals surface area contributed by atoms with Crippen molar-refractivity contribution in [3.8, 4) is 0 Å². The predicted octanol–water partition coefficient (Wildman–Crippen LogP) is 5.26. The van der Waals surface area contributed by atoms with E-state index >= 15 is 0 Å². The molecule has 0 aliphatic heterocycles. The van der Waals surface area contributed by atoms with Crippen LogP contribution in [0.3, 0.4) is 0 Å². The molecule has 2 rings (SSSR count). The molecule has 0 radical (unpaired) electrons. The molecule has 0 saturated carbocycles. The topological polar surface area (TPSA) is 49.4 Å². The van der Waals surface area contributed by atoms with Crippen LogP contribution in [0.4, 0.5) is 0 Å². The highest BCUT2D eigenvalue weighted by Crippen LogP contribution is 2.19. The number of hydrogen-bond donors (Lipinski definition) is 1. The van der Waals surface area contributed by atoms with Gasteiger partial charge in [-0.3, -0.25) is 9.59 Å². The maximum Gasteiger partial charge on any atom is 0.242 e. The maximum absolute atomic E-state index is 13.1. The number of rotatable bonds is 7. The second kappa shape index (κ2) is 10.1. The van der Waals surface area contributed by atoms with Crippen LogP contribution in [0.25, 0.3) is 0 Å². The molecule has 0 bridgehead atoms. The molecule has 0 unspecified atom stereocenters. The molecule has 1 atom stereocenters. The van der Waals surface area contributed by atoms with Crippen LogP contribution in [0.2, 0.25) is 10.0 Å². The third kappa shape index (κ3) is 7.37. The summed E-state index contributed by atoms with van der Waals surface area (Å²) in [4.78, 5) is 27.4. The van der Waals surface area contributed by atoms with E-state index in [0.29, 0.717) is 23.0 Å². The Bertz CT molecular complexity index is 845. The number of benzene rings is 2. The lowest BCUT2D eigenvalue weighted by Crippen LogP contribution is -2.52. The van der Waals surface area contributed by atoms with Crippen LogP contribution in [-0.2, 0) is 22.6 Å². The van der Waals surface area contributed by atoms with Gasteiger partial charge in [0, 0.05) is 28.5 Å². The Morgan fingerprint density at radius 2 is 1.66 bits per heavy atom. The van der Waals surface area contributed by atoms with E-state index in [9.17, 15) is 9.59 Å². The third-order valence-corrected chi connectivity index (χ3v) is 5.12. The van der Waals surface area contributed by atoms with Gasteiger partial charge in [0.1, 0.15) is 6.04 Å². The van der Waals surface area contributed by atoms with Crippen LogP contribution >= 0.6 is 23.2 Å². The summed E-state index contributed by atoms with van der Waals surface area (Å²) in [5.74, 6) is -0.283. The van der Waals surface area contributed by atoms with E-state index in [-0.39, 0.29) is 23.8 Å². The number of aryl methyl sites for hydroxylation is 1. The van der Waals surface area contributed by atoms with Crippen molar-refractivity contribution in [1.82, 2.24) is 10.2 Å². The predicted molar refractivity (Wildman–Crippen MR) is 119 cm³/mol. The van der Waals surface area contributed by atoms with Crippen molar-refractivity contribution >= 4 is 35.0 Å². The lowest BCUT2D eigenvalue weighted by molar-refractivity contribution is -0.141. The summed E-state index contributed by atoms with van der Waals surface area (Å²) < 4.78 is 0. The Morgan fingerprint density at radius 3 is 2.24 bits per heavy atom. The first-order chi connectivity index (χ1) is 13.6. The van der Waals surface area contributed by atoms with Crippen molar-refractivity contribution in [2.75, 3.05) is 0 Å². The molecule has 2 aromatic carbocycles. The van der Waals surface area contributed by atoms with E-state index in [1.54, 1.807) is 24.0 Å². The van der Waals surface area contributed by atoms with Crippen LogP contribution in [0.15, 0.2) is 48.5 Å². The van der Waals surface area contributed by atoms with Crippen LogP contribution in [0, 0.1) is 0 Å². The number of carbonyl (C=O) groups is 2. The molecule has 2 amide bonds. The number of halogens is 2. The quantitative estimate of drug-likeness (QED) is 0.645. The van der Waals surface area contributed by atoms with E-state index in [1.807, 2.05) is 57.2 Å². The number of carbonyl (C=O) groups excluding carboxylic acids is 2. The normalized spacial score (nSPS) is 12.3. The third-order valence-electron chi connectivity index (χ3n) is 4.50. The van der Waals surface area contributed by atoms with Crippen molar-refractivity contribution in [2.24, 2.45) is 0 Å². The van der Waals surface area contributed by atoms with Crippen molar-refractivity contribution in [2.45, 2.75) is 58.7 Å². The molecule has 0 fully saturated rings. The fraction of sp³-hybridized carbons (Fsp3) is 0.391. The largest absolute Gasteiger partial charge is 0.350 e. The standard InChI is InChI=1S/C23H28Cl2N2O2/c1-16(22(29)26-23(2,3)4)27(15-17-9-12-19(24)13-10-17)21(28)14-11-18-7-5-6-8-20(18)25/h5-10,12-13,16H,11,14-15H2,1-4H3,(H,26,29)/t16-/m0/s1. The summed E-state index contributed by atoms with van der Waals surface area (Å²) >= 11 is 12.2. The molecular formula is C23H28Cl2N2O2. The van der Waals surface area contributed by atoms with Gasteiger partial charge in [-0.15, -0.1) is 0 Å². The molecule has 1 N–H and O–H groups in total. The minimum absolute atomic E-state index is 0.101. The van der Waals surface area contributed by atoms with Crippen molar-refractivity contribution in [3.05, 3.63) is 69.7 Å². The zero-order chi connectivity index (χ0) is 21.6. The molecule has 4 nitrogen and oxygen atoms in total. The Morgan fingerprint density at radius 1 is 1.03 bits per heavy atom. The second-order valence-corrected chi connectivity index (χ2v) is 9.00. The Kier molecular flexibility index (Phi) is 8.12. The Labute approximate surface area is 183 Å². The number of hydrogen-bond acceptors (Lipinski definition) is 2. The Hall–Kier alpha value is -2.04. The SMILES string of the molecule is C[C@@H](C(=O)NC(C)(C)C)N(Cc1ccc(Cl)cc1)C(=O)CCc1ccccc1Cl. The lowest BCUT2D eigenvalue weighted by Gasteiger charge is -2.31. The minimum Gasteiger partial charge on any atom is -0.350 e.